The standard InChI is InChI=1S/C16H20N2O3/c1-11-6-8-17(9-7-11)16(21)18-13-5-3-2-4-12(13)10-14(18)15(19)20/h2-5,11,14H,6-10H2,1H3,(H,19,20). The van der Waals surface area contributed by atoms with Crippen LogP contribution in [0.4, 0.5) is 10.5 Å². The van der Waals surface area contributed by atoms with Gasteiger partial charge in [-0.1, -0.05) is 25.1 Å². The van der Waals surface area contributed by atoms with Gasteiger partial charge in [0.15, 0.2) is 0 Å². The Morgan fingerprint density at radius 1 is 1.19 bits per heavy atom. The number of anilines is 1. The van der Waals surface area contributed by atoms with Crippen LogP contribution in [0.5, 0.6) is 0 Å². The SMILES string of the molecule is CC1CCN(C(=O)N2c3ccccc3CC2C(=O)O)CC1. The van der Waals surface area contributed by atoms with E-state index in [4.69, 9.17) is 0 Å². The maximum absolute atomic E-state index is 12.8. The summed E-state index contributed by atoms with van der Waals surface area (Å²) in [6.07, 6.45) is 2.36. The van der Waals surface area contributed by atoms with Gasteiger partial charge < -0.3 is 10.0 Å². The minimum atomic E-state index is -0.940. The van der Waals surface area contributed by atoms with Crippen LogP contribution >= 0.6 is 0 Å². The predicted molar refractivity (Wildman–Crippen MR) is 79.4 cm³/mol. The van der Waals surface area contributed by atoms with Crippen molar-refractivity contribution in [3.8, 4) is 0 Å². The van der Waals surface area contributed by atoms with E-state index in [0.717, 1.165) is 24.1 Å². The summed E-state index contributed by atoms with van der Waals surface area (Å²) in [5.74, 6) is -0.305. The smallest absolute Gasteiger partial charge is 0.327 e. The number of carboxylic acids is 1. The van der Waals surface area contributed by atoms with Crippen molar-refractivity contribution in [2.45, 2.75) is 32.2 Å². The summed E-state index contributed by atoms with van der Waals surface area (Å²) in [5, 5.41) is 9.43. The number of urea groups is 1. The molecule has 3 rings (SSSR count). The number of nitrogens with zero attached hydrogens (tertiary/aromatic N) is 2. The van der Waals surface area contributed by atoms with Gasteiger partial charge in [-0.15, -0.1) is 0 Å². The zero-order valence-electron chi connectivity index (χ0n) is 12.2. The van der Waals surface area contributed by atoms with Gasteiger partial charge in [0.05, 0.1) is 0 Å². The fourth-order valence-electron chi connectivity index (χ4n) is 3.17. The number of aliphatic carboxylic acids is 1. The first kappa shape index (κ1) is 13.9. The Morgan fingerprint density at radius 3 is 2.52 bits per heavy atom. The van der Waals surface area contributed by atoms with Crippen LogP contribution in [-0.2, 0) is 11.2 Å². The Bertz CT molecular complexity index is 564. The molecule has 2 aliphatic rings. The molecule has 5 nitrogen and oxygen atoms in total. The summed E-state index contributed by atoms with van der Waals surface area (Å²) in [7, 11) is 0. The number of hydrogen-bond acceptors (Lipinski definition) is 2. The van der Waals surface area contributed by atoms with Crippen molar-refractivity contribution >= 4 is 17.7 Å². The Balaban J connectivity index is 1.87. The first-order chi connectivity index (χ1) is 10.1. The average Bonchev–Trinajstić information content (AvgIpc) is 2.87. The van der Waals surface area contributed by atoms with E-state index in [1.165, 1.54) is 4.90 Å². The van der Waals surface area contributed by atoms with Gasteiger partial charge in [0.2, 0.25) is 0 Å². The predicted octanol–water partition coefficient (Wildman–Crippen LogP) is 2.35. The number of fused-ring (bicyclic) bond motifs is 1. The zero-order valence-corrected chi connectivity index (χ0v) is 12.2. The Labute approximate surface area is 124 Å². The third-order valence-electron chi connectivity index (χ3n) is 4.52. The summed E-state index contributed by atoms with van der Waals surface area (Å²) in [6.45, 7) is 3.61. The van der Waals surface area contributed by atoms with E-state index in [0.29, 0.717) is 25.4 Å². The maximum atomic E-state index is 12.8. The number of carboxylic acid groups (broad SMARTS) is 1. The molecule has 0 radical (unpaired) electrons. The molecule has 2 aliphatic heterocycles. The second-order valence-electron chi connectivity index (χ2n) is 6.01. The summed E-state index contributed by atoms with van der Waals surface area (Å²) in [4.78, 5) is 27.5. The van der Waals surface area contributed by atoms with Crippen LogP contribution < -0.4 is 4.90 Å². The lowest BCUT2D eigenvalue weighted by molar-refractivity contribution is -0.138. The molecule has 1 saturated heterocycles. The topological polar surface area (TPSA) is 60.9 Å². The molecule has 1 fully saturated rings. The molecule has 0 saturated carbocycles. The molecule has 0 bridgehead atoms. The summed E-state index contributed by atoms with van der Waals surface area (Å²) >= 11 is 0. The van der Waals surface area contributed by atoms with Gasteiger partial charge in [0, 0.05) is 25.2 Å². The fourth-order valence-corrected chi connectivity index (χ4v) is 3.17. The molecule has 1 unspecified atom stereocenters. The van der Waals surface area contributed by atoms with Crippen molar-refractivity contribution in [2.75, 3.05) is 18.0 Å². The Kier molecular flexibility index (Phi) is 3.57. The Hall–Kier alpha value is -2.04. The normalized spacial score (nSPS) is 22.2. The average molecular weight is 288 g/mol. The molecular weight excluding hydrogens is 268 g/mol. The number of likely N-dealkylation sites (tertiary alicyclic amines) is 1. The van der Waals surface area contributed by atoms with E-state index >= 15 is 0 Å². The lowest BCUT2D eigenvalue weighted by Gasteiger charge is -2.35. The van der Waals surface area contributed by atoms with Crippen molar-refractivity contribution in [2.24, 2.45) is 5.92 Å². The van der Waals surface area contributed by atoms with E-state index in [-0.39, 0.29) is 6.03 Å². The van der Waals surface area contributed by atoms with Crippen LogP contribution in [0.15, 0.2) is 24.3 Å². The van der Waals surface area contributed by atoms with Gasteiger partial charge in [-0.25, -0.2) is 9.59 Å². The summed E-state index contributed by atoms with van der Waals surface area (Å²) < 4.78 is 0. The minimum absolute atomic E-state index is 0.167. The van der Waals surface area contributed by atoms with Gasteiger partial charge in [0.25, 0.3) is 0 Å². The first-order valence-electron chi connectivity index (χ1n) is 7.47. The van der Waals surface area contributed by atoms with E-state index in [1.54, 1.807) is 4.90 Å². The van der Waals surface area contributed by atoms with Gasteiger partial charge >= 0.3 is 12.0 Å². The molecule has 2 heterocycles. The third-order valence-corrected chi connectivity index (χ3v) is 4.52. The highest BCUT2D eigenvalue weighted by atomic mass is 16.4. The largest absolute Gasteiger partial charge is 0.480 e. The van der Waals surface area contributed by atoms with Crippen LogP contribution in [0.1, 0.15) is 25.3 Å². The Morgan fingerprint density at radius 2 is 1.86 bits per heavy atom. The van der Waals surface area contributed by atoms with Gasteiger partial charge in [-0.2, -0.15) is 0 Å². The highest BCUT2D eigenvalue weighted by molar-refractivity contribution is 6.01. The highest BCUT2D eigenvalue weighted by Crippen LogP contribution is 2.33. The molecule has 21 heavy (non-hydrogen) atoms. The number of carbonyl (C=O) groups is 2. The molecule has 1 aromatic carbocycles. The number of amides is 2. The van der Waals surface area contributed by atoms with Gasteiger partial charge in [-0.05, 0) is 30.4 Å². The maximum Gasteiger partial charge on any atom is 0.327 e. The molecule has 5 heteroatoms. The minimum Gasteiger partial charge on any atom is -0.480 e. The molecule has 112 valence electrons. The van der Waals surface area contributed by atoms with Crippen molar-refractivity contribution in [1.29, 1.82) is 0 Å². The summed E-state index contributed by atoms with van der Waals surface area (Å²) in [6, 6.07) is 6.52. The number of hydrogen-bond donors (Lipinski definition) is 1. The molecular formula is C16H20N2O3. The number of piperidine rings is 1. The summed E-state index contributed by atoms with van der Waals surface area (Å²) in [5.41, 5.74) is 1.68. The molecule has 0 aromatic heterocycles. The quantitative estimate of drug-likeness (QED) is 0.863. The lowest BCUT2D eigenvalue weighted by atomic mass is 9.99. The monoisotopic (exact) mass is 288 g/mol. The number of carbonyl (C=O) groups excluding carboxylic acids is 1. The van der Waals surface area contributed by atoms with Gasteiger partial charge in [-0.3, -0.25) is 4.90 Å². The second-order valence-corrected chi connectivity index (χ2v) is 6.01. The van der Waals surface area contributed by atoms with Crippen molar-refractivity contribution in [3.05, 3.63) is 29.8 Å². The zero-order chi connectivity index (χ0) is 15.0. The van der Waals surface area contributed by atoms with E-state index in [1.807, 2.05) is 24.3 Å². The van der Waals surface area contributed by atoms with E-state index < -0.39 is 12.0 Å². The number of para-hydroxylation sites is 1. The number of benzene rings is 1. The van der Waals surface area contributed by atoms with Crippen LogP contribution in [0.2, 0.25) is 0 Å². The van der Waals surface area contributed by atoms with Crippen LogP contribution in [-0.4, -0.2) is 41.1 Å². The van der Waals surface area contributed by atoms with Crippen LogP contribution in [0.25, 0.3) is 0 Å². The highest BCUT2D eigenvalue weighted by Gasteiger charge is 2.40. The second kappa shape index (κ2) is 5.39. The van der Waals surface area contributed by atoms with Crippen LogP contribution in [0.3, 0.4) is 0 Å². The van der Waals surface area contributed by atoms with Crippen molar-refractivity contribution in [3.63, 3.8) is 0 Å². The molecule has 1 aromatic rings. The third kappa shape index (κ3) is 2.48. The molecule has 1 N–H and O–H groups in total. The van der Waals surface area contributed by atoms with Crippen LogP contribution in [0, 0.1) is 5.92 Å². The van der Waals surface area contributed by atoms with E-state index in [9.17, 15) is 14.7 Å². The lowest BCUT2D eigenvalue weighted by Crippen LogP contribution is -2.51. The fraction of sp³-hybridized carbons (Fsp3) is 0.500. The van der Waals surface area contributed by atoms with Crippen molar-refractivity contribution in [1.82, 2.24) is 4.90 Å². The number of rotatable bonds is 1. The molecule has 1 atom stereocenters. The van der Waals surface area contributed by atoms with E-state index in [2.05, 4.69) is 6.92 Å². The molecule has 0 aliphatic carbocycles. The van der Waals surface area contributed by atoms with Crippen molar-refractivity contribution < 1.29 is 14.7 Å². The first-order valence-corrected chi connectivity index (χ1v) is 7.47. The molecule has 0 spiro atoms. The van der Waals surface area contributed by atoms with Gasteiger partial charge in [0.1, 0.15) is 6.04 Å². The molecule has 2 amide bonds.